The van der Waals surface area contributed by atoms with Crippen LogP contribution in [0.4, 0.5) is 31.1 Å². The predicted octanol–water partition coefficient (Wildman–Crippen LogP) is 7.18. The highest BCUT2D eigenvalue weighted by atomic mass is 32.1. The quantitative estimate of drug-likeness (QED) is 0.0989. The molecule has 14 nitrogen and oxygen atoms in total. The smallest absolute Gasteiger partial charge is 0.264 e. The first-order valence-electron chi connectivity index (χ1n) is 21.6. The molecule has 0 spiro atoms. The number of thiazole rings is 1. The first-order chi connectivity index (χ1) is 29.9. The lowest BCUT2D eigenvalue weighted by Crippen LogP contribution is -2.42. The first-order valence-corrected chi connectivity index (χ1v) is 22.4. The summed E-state index contributed by atoms with van der Waals surface area (Å²) in [5.74, 6) is 0.578. The van der Waals surface area contributed by atoms with Crippen molar-refractivity contribution in [3.8, 4) is 11.1 Å². The molecule has 8 rings (SSSR count). The molecule has 0 bridgehead atoms. The molecule has 5 aromatic rings. The van der Waals surface area contributed by atoms with Crippen LogP contribution >= 0.6 is 11.3 Å². The number of aromatic nitrogens is 5. The maximum Gasteiger partial charge on any atom is 0.264 e. The van der Waals surface area contributed by atoms with E-state index in [0.29, 0.717) is 61.0 Å². The van der Waals surface area contributed by atoms with Gasteiger partial charge in [-0.05, 0) is 99.4 Å². The Morgan fingerprint density at radius 3 is 2.50 bits per heavy atom. The number of hydrogen-bond donors (Lipinski definition) is 3. The number of halogens is 2. The average molecular weight is 868 g/mol. The molecule has 3 aromatic heterocycles. The number of nitrogens with zero attached hydrogens (tertiary/aromatic N) is 8. The number of fused-ring (bicyclic) bond motifs is 2. The zero-order chi connectivity index (χ0) is 43.5. The van der Waals surface area contributed by atoms with Gasteiger partial charge in [0, 0.05) is 116 Å². The number of rotatable bonds is 14. The molecule has 3 aliphatic rings. The fraction of sp³-hybridized carbons (Fsp3) is 0.467. The third-order valence-electron chi connectivity index (χ3n) is 12.2. The minimum atomic E-state index is -2.67. The maximum absolute atomic E-state index is 14.7. The fourth-order valence-electron chi connectivity index (χ4n) is 8.97. The van der Waals surface area contributed by atoms with Crippen LogP contribution in [0.3, 0.4) is 0 Å². The summed E-state index contributed by atoms with van der Waals surface area (Å²) in [6.07, 6.45) is 8.08. The highest BCUT2D eigenvalue weighted by molar-refractivity contribution is 7.15. The second-order valence-electron chi connectivity index (χ2n) is 16.7. The molecule has 0 saturated carbocycles. The molecule has 2 aromatic carbocycles. The highest BCUT2D eigenvalue weighted by Gasteiger charge is 2.35. The van der Waals surface area contributed by atoms with Gasteiger partial charge in [0.2, 0.25) is 11.8 Å². The van der Waals surface area contributed by atoms with E-state index in [4.69, 9.17) is 5.10 Å². The molecule has 3 aliphatic heterocycles. The van der Waals surface area contributed by atoms with Gasteiger partial charge in [0.25, 0.3) is 12.3 Å². The Labute approximate surface area is 364 Å². The summed E-state index contributed by atoms with van der Waals surface area (Å²) in [6, 6.07) is 9.34. The Balaban J connectivity index is 0.846. The van der Waals surface area contributed by atoms with Crippen LogP contribution in [0.25, 0.3) is 11.1 Å². The summed E-state index contributed by atoms with van der Waals surface area (Å²) < 4.78 is 33.1. The van der Waals surface area contributed by atoms with Gasteiger partial charge in [0.15, 0.2) is 10.9 Å². The fourth-order valence-corrected chi connectivity index (χ4v) is 9.63. The Kier molecular flexibility index (Phi) is 13.0. The molecule has 0 atom stereocenters. The largest absolute Gasteiger partial charge is 0.385 e. The number of aryl methyl sites for hydroxylation is 4. The number of amides is 3. The number of nitrogens with one attached hydrogen (secondary N) is 3. The van der Waals surface area contributed by atoms with Gasteiger partial charge in [-0.25, -0.2) is 13.8 Å². The van der Waals surface area contributed by atoms with Crippen LogP contribution in [0.5, 0.6) is 0 Å². The van der Waals surface area contributed by atoms with Gasteiger partial charge in [0.05, 0.1) is 25.3 Å². The average Bonchev–Trinajstić information content (AvgIpc) is 3.99. The van der Waals surface area contributed by atoms with Crippen LogP contribution in [0, 0.1) is 13.8 Å². The number of alkyl halides is 2. The molecule has 1 saturated heterocycles. The summed E-state index contributed by atoms with van der Waals surface area (Å²) in [6.45, 7) is 10.3. The van der Waals surface area contributed by atoms with E-state index in [1.165, 1.54) is 11.3 Å². The van der Waals surface area contributed by atoms with Crippen LogP contribution in [0.15, 0.2) is 48.9 Å². The van der Waals surface area contributed by atoms with Crippen LogP contribution in [0.2, 0.25) is 0 Å². The van der Waals surface area contributed by atoms with Crippen LogP contribution in [-0.4, -0.2) is 97.9 Å². The van der Waals surface area contributed by atoms with Crippen LogP contribution in [0.1, 0.15) is 94.7 Å². The Bertz CT molecular complexity index is 2440. The number of carbonyl (C=O) groups is 3. The van der Waals surface area contributed by atoms with Crippen molar-refractivity contribution in [3.05, 3.63) is 87.3 Å². The van der Waals surface area contributed by atoms with Crippen LogP contribution < -0.4 is 20.9 Å². The molecular weight excluding hydrogens is 813 g/mol. The lowest BCUT2D eigenvalue weighted by Gasteiger charge is -2.33. The predicted molar refractivity (Wildman–Crippen MR) is 237 cm³/mol. The number of unbranched alkanes of at least 4 members (excludes halogenated alkanes) is 1. The third-order valence-corrected chi connectivity index (χ3v) is 13.1. The number of carbonyl (C=O) groups excluding carboxylic acids is 3. The monoisotopic (exact) mass is 867 g/mol. The SMILES string of the molecule is CC(=O)N1CCc2c(c(N3CCCc4cc(-c5cnn(C)c5)c(C(F)F)cc43)nn2C2CCN(CC(=O)NCCCCNc3ccc(C(=O)Nc4ncc(C)s4)c(C)c3)CC2)C1. The van der Waals surface area contributed by atoms with Crippen molar-refractivity contribution in [2.75, 3.05) is 61.3 Å². The summed E-state index contributed by atoms with van der Waals surface area (Å²) in [5.41, 5.74) is 7.39. The zero-order valence-electron chi connectivity index (χ0n) is 35.8. The summed E-state index contributed by atoms with van der Waals surface area (Å²) in [7, 11) is 1.78. The van der Waals surface area contributed by atoms with Gasteiger partial charge in [-0.2, -0.15) is 10.2 Å². The summed E-state index contributed by atoms with van der Waals surface area (Å²) >= 11 is 1.44. The molecule has 6 heterocycles. The van der Waals surface area contributed by atoms with E-state index in [2.05, 4.69) is 40.5 Å². The second kappa shape index (κ2) is 18.7. The lowest BCUT2D eigenvalue weighted by molar-refractivity contribution is -0.129. The van der Waals surface area contributed by atoms with Gasteiger partial charge < -0.3 is 20.4 Å². The van der Waals surface area contributed by atoms with Gasteiger partial charge in [-0.15, -0.1) is 11.3 Å². The minimum Gasteiger partial charge on any atom is -0.385 e. The number of hydrogen-bond acceptors (Lipinski definition) is 10. The van der Waals surface area contributed by atoms with Crippen LogP contribution in [-0.2, 0) is 36.0 Å². The maximum atomic E-state index is 14.7. The second-order valence-corrected chi connectivity index (χ2v) is 17.9. The highest BCUT2D eigenvalue weighted by Crippen LogP contribution is 2.43. The summed E-state index contributed by atoms with van der Waals surface area (Å²) in [5, 5.41) is 19.5. The van der Waals surface area contributed by atoms with Crippen molar-refractivity contribution in [3.63, 3.8) is 0 Å². The van der Waals surface area contributed by atoms with Gasteiger partial charge in [-0.3, -0.25) is 34.0 Å². The molecule has 0 aliphatic carbocycles. The number of benzene rings is 2. The Hall–Kier alpha value is -5.68. The normalized spacial score (nSPS) is 15.7. The van der Waals surface area contributed by atoms with E-state index < -0.39 is 6.43 Å². The molecule has 3 N–H and O–H groups in total. The number of likely N-dealkylation sites (tertiary alicyclic amines) is 1. The van der Waals surface area contributed by atoms with Crippen molar-refractivity contribution in [1.29, 1.82) is 0 Å². The molecule has 1 fully saturated rings. The Morgan fingerprint density at radius 1 is 0.984 bits per heavy atom. The molecular formula is C45H55F2N11O3S. The number of anilines is 4. The van der Waals surface area contributed by atoms with Crippen molar-refractivity contribution in [2.24, 2.45) is 7.05 Å². The van der Waals surface area contributed by atoms with Gasteiger partial charge in [-0.1, -0.05) is 0 Å². The van der Waals surface area contributed by atoms with Gasteiger partial charge >= 0.3 is 0 Å². The van der Waals surface area contributed by atoms with Crippen molar-refractivity contribution >= 4 is 51.4 Å². The van der Waals surface area contributed by atoms with Crippen molar-refractivity contribution < 1.29 is 23.2 Å². The molecule has 0 radical (unpaired) electrons. The first kappa shape index (κ1) is 43.0. The van der Waals surface area contributed by atoms with Crippen molar-refractivity contribution in [2.45, 2.75) is 84.7 Å². The van der Waals surface area contributed by atoms with E-state index in [0.717, 1.165) is 103 Å². The molecule has 328 valence electrons. The topological polar surface area (TPSA) is 146 Å². The third kappa shape index (κ3) is 9.53. The van der Waals surface area contributed by atoms with E-state index in [1.807, 2.05) is 43.0 Å². The summed E-state index contributed by atoms with van der Waals surface area (Å²) in [4.78, 5) is 49.7. The van der Waals surface area contributed by atoms with Crippen molar-refractivity contribution in [1.82, 2.24) is 39.7 Å². The standard InChI is InChI=1S/C45H55F2N11O3S/c1-28-20-33(9-10-35(28)44(61)52-45-50-23-29(2)62-45)48-14-5-6-15-49-41(60)27-55-17-11-34(12-18-55)58-39-13-19-56(30(3)59)26-38(39)43(53-58)57-16-7-8-31-21-36(32-24-51-54(4)25-32)37(42(46)47)22-40(31)57/h9-10,20-25,34,42,48H,5-8,11-19,26-27H2,1-4H3,(H,49,60)(H,50,52,61). The van der Waals surface area contributed by atoms with Gasteiger partial charge in [0.1, 0.15) is 0 Å². The Morgan fingerprint density at radius 2 is 1.79 bits per heavy atom. The molecule has 0 unspecified atom stereocenters. The zero-order valence-corrected chi connectivity index (χ0v) is 36.7. The minimum absolute atomic E-state index is 0.000772. The molecule has 62 heavy (non-hydrogen) atoms. The van der Waals surface area contributed by atoms with E-state index in [9.17, 15) is 23.2 Å². The molecule has 3 amide bonds. The van der Waals surface area contributed by atoms with E-state index in [1.54, 1.807) is 43.3 Å². The van der Waals surface area contributed by atoms with E-state index >= 15 is 0 Å². The van der Waals surface area contributed by atoms with E-state index in [-0.39, 0.29) is 29.3 Å². The number of piperidine rings is 1. The lowest BCUT2D eigenvalue weighted by atomic mass is 9.92. The molecule has 17 heteroatoms.